The molecule has 0 aliphatic carbocycles. The second-order valence-corrected chi connectivity index (χ2v) is 14.1. The number of benzene rings is 1. The van der Waals surface area contributed by atoms with Crippen LogP contribution in [0.3, 0.4) is 0 Å². The summed E-state index contributed by atoms with van der Waals surface area (Å²) >= 11 is 0. The number of nitrogens with zero attached hydrogens (tertiary/aromatic N) is 5. The molecule has 2 aliphatic heterocycles. The van der Waals surface area contributed by atoms with Crippen LogP contribution in [0.2, 0.25) is 18.1 Å². The third-order valence-electron chi connectivity index (χ3n) is 7.96. The molecule has 2 atom stereocenters. The minimum Gasteiger partial charge on any atom is -0.458 e. The van der Waals surface area contributed by atoms with Crippen molar-refractivity contribution < 1.29 is 14.0 Å². The molecule has 0 unspecified atom stereocenters. The van der Waals surface area contributed by atoms with Gasteiger partial charge in [0.25, 0.3) is 5.56 Å². The van der Waals surface area contributed by atoms with Gasteiger partial charge in [0, 0.05) is 21.4 Å². The van der Waals surface area contributed by atoms with Gasteiger partial charge in [-0.3, -0.25) is 9.36 Å². The van der Waals surface area contributed by atoms with E-state index in [9.17, 15) is 15.1 Å². The van der Waals surface area contributed by atoms with E-state index in [4.69, 9.17) is 14.1 Å². The van der Waals surface area contributed by atoms with Crippen LogP contribution >= 0.6 is 0 Å². The Kier molecular flexibility index (Phi) is 5.98. The molecule has 9 nitrogen and oxygen atoms in total. The maximum absolute atomic E-state index is 14.0. The first-order valence-electron chi connectivity index (χ1n) is 12.5. The normalized spacial score (nSPS) is 20.3. The van der Waals surface area contributed by atoms with Crippen molar-refractivity contribution in [2.45, 2.75) is 70.6 Å². The average molecular weight is 504 g/mol. The fourth-order valence-electron chi connectivity index (χ4n) is 5.63. The van der Waals surface area contributed by atoms with Crippen molar-refractivity contribution in [3.8, 4) is 11.4 Å². The molecule has 186 valence electrons. The lowest BCUT2D eigenvalue weighted by molar-refractivity contribution is -0.170. The van der Waals surface area contributed by atoms with Gasteiger partial charge in [-0.2, -0.15) is 0 Å². The predicted molar refractivity (Wildman–Crippen MR) is 139 cm³/mol. The molecular formula is C26H29N5O4Si. The number of para-hydroxylation sites is 1. The standard InChI is InChI=1S/C26H29N5O4Si/c1-5-26(35-36(6-2,7-3)8-4)19-14-21-22-17(13-16-11-9-10-12-20(16)28-22)23(29-30-27)31(21)24(32)18(19)15-34-25(26)33/h9-14,23H,5-8,15H2,1-4H3/t23-,26-/m0/s1. The molecule has 0 amide bonds. The molecule has 2 aromatic heterocycles. The Hall–Kier alpha value is -3.46. The van der Waals surface area contributed by atoms with Gasteiger partial charge in [0.1, 0.15) is 12.8 Å². The zero-order valence-electron chi connectivity index (χ0n) is 20.9. The van der Waals surface area contributed by atoms with Crippen LogP contribution in [0.15, 0.2) is 46.3 Å². The number of pyridine rings is 2. The summed E-state index contributed by atoms with van der Waals surface area (Å²) in [5.41, 5.74) is 11.0. The highest BCUT2D eigenvalue weighted by Gasteiger charge is 2.52. The number of cyclic esters (lactones) is 1. The van der Waals surface area contributed by atoms with Gasteiger partial charge in [0.2, 0.25) is 0 Å². The van der Waals surface area contributed by atoms with E-state index >= 15 is 0 Å². The maximum Gasteiger partial charge on any atom is 0.342 e. The third-order valence-corrected chi connectivity index (χ3v) is 12.6. The summed E-state index contributed by atoms with van der Waals surface area (Å²) < 4.78 is 13.9. The van der Waals surface area contributed by atoms with E-state index in [1.54, 1.807) is 0 Å². The molecule has 4 heterocycles. The summed E-state index contributed by atoms with van der Waals surface area (Å²) in [6.45, 7) is 8.05. The van der Waals surface area contributed by atoms with Gasteiger partial charge in [-0.1, -0.05) is 51.0 Å². The van der Waals surface area contributed by atoms with E-state index in [0.717, 1.165) is 29.0 Å². The molecule has 0 N–H and O–H groups in total. The minimum absolute atomic E-state index is 0.147. The van der Waals surface area contributed by atoms with Crippen LogP contribution in [0.25, 0.3) is 32.7 Å². The molecular weight excluding hydrogens is 474 g/mol. The Balaban J connectivity index is 1.82. The Labute approximate surface area is 209 Å². The number of carbonyl (C=O) groups is 1. The van der Waals surface area contributed by atoms with E-state index in [0.29, 0.717) is 34.5 Å². The first-order chi connectivity index (χ1) is 17.4. The average Bonchev–Trinajstić information content (AvgIpc) is 3.20. The van der Waals surface area contributed by atoms with E-state index < -0.39 is 26.1 Å². The number of carbonyl (C=O) groups excluding carboxylic acids is 1. The van der Waals surface area contributed by atoms with Crippen molar-refractivity contribution in [2.24, 2.45) is 5.11 Å². The van der Waals surface area contributed by atoms with Crippen LogP contribution in [0, 0.1) is 0 Å². The summed E-state index contributed by atoms with van der Waals surface area (Å²) in [6, 6.07) is 13.9. The fourth-order valence-corrected chi connectivity index (χ4v) is 8.64. The number of ether oxygens (including phenoxy) is 1. The van der Waals surface area contributed by atoms with Gasteiger partial charge in [0.15, 0.2) is 13.9 Å². The van der Waals surface area contributed by atoms with Gasteiger partial charge >= 0.3 is 5.97 Å². The summed E-state index contributed by atoms with van der Waals surface area (Å²) in [5.74, 6) is -0.453. The molecule has 0 spiro atoms. The van der Waals surface area contributed by atoms with Gasteiger partial charge in [-0.15, -0.1) is 0 Å². The van der Waals surface area contributed by atoms with Crippen molar-refractivity contribution in [2.75, 3.05) is 0 Å². The van der Waals surface area contributed by atoms with Gasteiger partial charge in [-0.05, 0) is 48.3 Å². The highest BCUT2D eigenvalue weighted by Crippen LogP contribution is 2.46. The van der Waals surface area contributed by atoms with E-state index in [-0.39, 0.29) is 12.2 Å². The lowest BCUT2D eigenvalue weighted by atomic mass is 9.86. The molecule has 0 bridgehead atoms. The molecule has 0 saturated carbocycles. The van der Waals surface area contributed by atoms with Crippen molar-refractivity contribution >= 4 is 25.2 Å². The van der Waals surface area contributed by atoms with E-state index in [2.05, 4.69) is 30.8 Å². The van der Waals surface area contributed by atoms with E-state index in [1.807, 2.05) is 43.3 Å². The smallest absolute Gasteiger partial charge is 0.342 e. The highest BCUT2D eigenvalue weighted by molar-refractivity contribution is 6.73. The summed E-state index contributed by atoms with van der Waals surface area (Å²) in [4.78, 5) is 35.2. The zero-order valence-corrected chi connectivity index (χ0v) is 21.9. The quantitative estimate of drug-likeness (QED) is 0.130. The maximum atomic E-state index is 14.0. The van der Waals surface area contributed by atoms with Gasteiger partial charge < -0.3 is 9.16 Å². The minimum atomic E-state index is -2.28. The number of hydrogen-bond acceptors (Lipinski definition) is 6. The highest BCUT2D eigenvalue weighted by atomic mass is 28.4. The molecule has 3 aromatic rings. The Bertz CT molecular complexity index is 1480. The summed E-state index contributed by atoms with van der Waals surface area (Å²) in [5, 5.41) is 4.85. The van der Waals surface area contributed by atoms with E-state index in [1.165, 1.54) is 4.57 Å². The fraction of sp³-hybridized carbons (Fsp3) is 0.423. The summed E-state index contributed by atoms with van der Waals surface area (Å²) in [6.07, 6.45) is -0.534. The van der Waals surface area contributed by atoms with Gasteiger partial charge in [-0.25, -0.2) is 9.78 Å². The largest absolute Gasteiger partial charge is 0.458 e. The van der Waals surface area contributed by atoms with Crippen molar-refractivity contribution in [3.05, 3.63) is 73.9 Å². The first-order valence-corrected chi connectivity index (χ1v) is 15.0. The first kappa shape index (κ1) is 24.2. The Morgan fingerprint density at radius 2 is 1.92 bits per heavy atom. The summed E-state index contributed by atoms with van der Waals surface area (Å²) in [7, 11) is -2.28. The monoisotopic (exact) mass is 503 g/mol. The number of azide groups is 1. The van der Waals surface area contributed by atoms with Crippen molar-refractivity contribution in [1.82, 2.24) is 9.55 Å². The molecule has 5 rings (SSSR count). The molecule has 0 radical (unpaired) electrons. The van der Waals surface area contributed by atoms with Crippen LogP contribution in [-0.2, 0) is 26.2 Å². The molecule has 36 heavy (non-hydrogen) atoms. The zero-order chi connectivity index (χ0) is 25.7. The lowest BCUT2D eigenvalue weighted by Gasteiger charge is -2.43. The van der Waals surface area contributed by atoms with Crippen LogP contribution in [-0.4, -0.2) is 23.8 Å². The predicted octanol–water partition coefficient (Wildman–Crippen LogP) is 5.92. The molecule has 0 fully saturated rings. The Morgan fingerprint density at radius 1 is 1.19 bits per heavy atom. The van der Waals surface area contributed by atoms with Crippen LogP contribution in [0.5, 0.6) is 0 Å². The number of aromatic nitrogens is 2. The lowest BCUT2D eigenvalue weighted by Crippen LogP contribution is -2.53. The van der Waals surface area contributed by atoms with Crippen LogP contribution in [0.4, 0.5) is 0 Å². The number of fused-ring (bicyclic) bond motifs is 5. The molecule has 2 aliphatic rings. The molecule has 0 saturated heterocycles. The number of hydrogen-bond donors (Lipinski definition) is 0. The second-order valence-electron chi connectivity index (χ2n) is 9.40. The van der Waals surface area contributed by atoms with Crippen LogP contribution < -0.4 is 5.56 Å². The molecule has 10 heteroatoms. The van der Waals surface area contributed by atoms with Crippen molar-refractivity contribution in [1.29, 1.82) is 0 Å². The third kappa shape index (κ3) is 3.32. The molecule has 1 aromatic carbocycles. The number of rotatable bonds is 7. The SMILES string of the molecule is CC[C@@]1(O[Si](CC)(CC)CC)C(=O)OCc2c1cc1n(c2=O)[C@H](N=[N+]=[N-])c2cc3ccccc3nc2-1. The van der Waals surface area contributed by atoms with Crippen LogP contribution in [0.1, 0.15) is 57.0 Å². The van der Waals surface area contributed by atoms with Gasteiger partial charge in [0.05, 0.1) is 22.5 Å². The topological polar surface area (TPSA) is 119 Å². The second kappa shape index (κ2) is 8.88. The Morgan fingerprint density at radius 3 is 2.58 bits per heavy atom. The number of esters is 1. The van der Waals surface area contributed by atoms with Crippen molar-refractivity contribution in [3.63, 3.8) is 0 Å².